The largest absolute Gasteiger partial charge is 0.392 e. The Hall–Kier alpha value is -2.05. The number of hydrogen-bond donors (Lipinski definition) is 1. The van der Waals surface area contributed by atoms with E-state index in [-0.39, 0.29) is 6.61 Å². The summed E-state index contributed by atoms with van der Waals surface area (Å²) in [5, 5.41) is 10.4. The summed E-state index contributed by atoms with van der Waals surface area (Å²) >= 11 is 0. The molecule has 3 heteroatoms. The minimum absolute atomic E-state index is 0.0000725. The van der Waals surface area contributed by atoms with Crippen molar-refractivity contribution in [2.24, 2.45) is 0 Å². The van der Waals surface area contributed by atoms with Crippen LogP contribution in [-0.4, -0.2) is 23.7 Å². The van der Waals surface area contributed by atoms with Gasteiger partial charge in [0.05, 0.1) is 18.7 Å². The lowest BCUT2D eigenvalue weighted by Crippen LogP contribution is -2.18. The van der Waals surface area contributed by atoms with Gasteiger partial charge in [0.25, 0.3) is 0 Å². The summed E-state index contributed by atoms with van der Waals surface area (Å²) < 4.78 is 0. The summed E-state index contributed by atoms with van der Waals surface area (Å²) in [6.45, 7) is 0.496. The van der Waals surface area contributed by atoms with Crippen molar-refractivity contribution in [1.29, 1.82) is 0 Å². The average Bonchev–Trinajstić information content (AvgIpc) is 2.37. The van der Waals surface area contributed by atoms with Crippen LogP contribution in [0.2, 0.25) is 0 Å². The van der Waals surface area contributed by atoms with Crippen molar-refractivity contribution >= 4 is 16.7 Å². The molecular weight excluding hydrogens is 212 g/mol. The molecule has 0 atom stereocenters. The molecule has 1 aromatic heterocycles. The number of rotatable bonds is 3. The van der Waals surface area contributed by atoms with Gasteiger partial charge >= 0.3 is 0 Å². The zero-order valence-electron chi connectivity index (χ0n) is 9.72. The third kappa shape index (κ3) is 2.22. The SMILES string of the molecule is C#CCN(C)c1cc(CO)c2ccccc2n1. The maximum Gasteiger partial charge on any atom is 0.130 e. The Balaban J connectivity index is 2.57. The number of hydrogen-bond acceptors (Lipinski definition) is 3. The quantitative estimate of drug-likeness (QED) is 0.811. The Morgan fingerprint density at radius 3 is 2.88 bits per heavy atom. The fourth-order valence-corrected chi connectivity index (χ4v) is 1.78. The Morgan fingerprint density at radius 1 is 1.41 bits per heavy atom. The van der Waals surface area contributed by atoms with Gasteiger partial charge in [-0.2, -0.15) is 0 Å². The van der Waals surface area contributed by atoms with Crippen molar-refractivity contribution in [3.8, 4) is 12.3 Å². The first-order valence-electron chi connectivity index (χ1n) is 5.40. The molecule has 1 aromatic carbocycles. The molecule has 0 aliphatic heterocycles. The van der Waals surface area contributed by atoms with Crippen molar-refractivity contribution in [3.05, 3.63) is 35.9 Å². The molecule has 0 spiro atoms. The van der Waals surface area contributed by atoms with Crippen LogP contribution in [0.15, 0.2) is 30.3 Å². The summed E-state index contributed by atoms with van der Waals surface area (Å²) in [5.41, 5.74) is 1.74. The molecule has 0 aliphatic carbocycles. The molecule has 3 nitrogen and oxygen atoms in total. The fourth-order valence-electron chi connectivity index (χ4n) is 1.78. The predicted molar refractivity (Wildman–Crippen MR) is 69.8 cm³/mol. The first-order valence-corrected chi connectivity index (χ1v) is 5.40. The second kappa shape index (κ2) is 4.86. The van der Waals surface area contributed by atoms with Gasteiger partial charge in [0.2, 0.25) is 0 Å². The Kier molecular flexibility index (Phi) is 3.27. The molecule has 1 heterocycles. The van der Waals surface area contributed by atoms with Gasteiger partial charge in [-0.05, 0) is 17.7 Å². The zero-order valence-corrected chi connectivity index (χ0v) is 9.72. The second-order valence-electron chi connectivity index (χ2n) is 3.88. The van der Waals surface area contributed by atoms with E-state index in [2.05, 4.69) is 10.9 Å². The van der Waals surface area contributed by atoms with E-state index in [1.54, 1.807) is 0 Å². The monoisotopic (exact) mass is 226 g/mol. The number of pyridine rings is 1. The lowest BCUT2D eigenvalue weighted by Gasteiger charge is -2.16. The van der Waals surface area contributed by atoms with Gasteiger partial charge in [-0.15, -0.1) is 6.42 Å². The molecule has 0 radical (unpaired) electrons. The molecule has 0 saturated heterocycles. The minimum Gasteiger partial charge on any atom is -0.392 e. The Labute approximate surface area is 101 Å². The smallest absolute Gasteiger partial charge is 0.130 e. The zero-order chi connectivity index (χ0) is 12.3. The number of terminal acetylenes is 1. The maximum atomic E-state index is 9.39. The Morgan fingerprint density at radius 2 is 2.18 bits per heavy atom. The van der Waals surface area contributed by atoms with E-state index >= 15 is 0 Å². The molecule has 0 unspecified atom stereocenters. The fraction of sp³-hybridized carbons (Fsp3) is 0.214. The number of aliphatic hydroxyl groups excluding tert-OH is 1. The van der Waals surface area contributed by atoms with Gasteiger partial charge in [-0.3, -0.25) is 0 Å². The van der Waals surface area contributed by atoms with E-state index < -0.39 is 0 Å². The van der Waals surface area contributed by atoms with Crippen molar-refractivity contribution in [2.45, 2.75) is 6.61 Å². The van der Waals surface area contributed by atoms with Gasteiger partial charge in [0.15, 0.2) is 0 Å². The maximum absolute atomic E-state index is 9.39. The summed E-state index contributed by atoms with van der Waals surface area (Å²) in [4.78, 5) is 6.40. The van der Waals surface area contributed by atoms with Crippen LogP contribution < -0.4 is 4.90 Å². The van der Waals surface area contributed by atoms with Crippen LogP contribution in [-0.2, 0) is 6.61 Å². The number of aromatic nitrogens is 1. The minimum atomic E-state index is -0.0000725. The third-order valence-corrected chi connectivity index (χ3v) is 2.68. The van der Waals surface area contributed by atoms with E-state index in [0.717, 1.165) is 22.3 Å². The molecule has 0 fully saturated rings. The number of aliphatic hydroxyl groups is 1. The van der Waals surface area contributed by atoms with Crippen molar-refractivity contribution in [3.63, 3.8) is 0 Å². The average molecular weight is 226 g/mol. The van der Waals surface area contributed by atoms with E-state index in [1.807, 2.05) is 42.3 Å². The first kappa shape index (κ1) is 11.4. The van der Waals surface area contributed by atoms with E-state index in [0.29, 0.717) is 6.54 Å². The van der Waals surface area contributed by atoms with Gasteiger partial charge in [-0.25, -0.2) is 4.98 Å². The topological polar surface area (TPSA) is 36.4 Å². The number of anilines is 1. The molecular formula is C14H14N2O. The highest BCUT2D eigenvalue weighted by Gasteiger charge is 2.07. The summed E-state index contributed by atoms with van der Waals surface area (Å²) in [6, 6.07) is 9.63. The van der Waals surface area contributed by atoms with E-state index in [4.69, 9.17) is 6.42 Å². The van der Waals surface area contributed by atoms with Gasteiger partial charge in [0.1, 0.15) is 5.82 Å². The summed E-state index contributed by atoms with van der Waals surface area (Å²) in [6.07, 6.45) is 5.28. The van der Waals surface area contributed by atoms with E-state index in [9.17, 15) is 5.11 Å². The van der Waals surface area contributed by atoms with Crippen molar-refractivity contribution < 1.29 is 5.11 Å². The molecule has 0 bridgehead atoms. The standard InChI is InChI=1S/C14H14N2O/c1-3-8-16(2)14-9-11(10-17)12-6-4-5-7-13(12)15-14/h1,4-7,9,17H,8,10H2,2H3. The van der Waals surface area contributed by atoms with Crippen LogP contribution in [0.25, 0.3) is 10.9 Å². The molecule has 2 aromatic rings. The molecule has 86 valence electrons. The molecule has 0 aliphatic rings. The molecule has 0 saturated carbocycles. The predicted octanol–water partition coefficient (Wildman–Crippen LogP) is 1.80. The van der Waals surface area contributed by atoms with Crippen LogP contribution in [0, 0.1) is 12.3 Å². The Bertz CT molecular complexity index is 572. The van der Waals surface area contributed by atoms with Crippen molar-refractivity contribution in [2.75, 3.05) is 18.5 Å². The summed E-state index contributed by atoms with van der Waals surface area (Å²) in [7, 11) is 1.89. The molecule has 2 rings (SSSR count). The molecule has 17 heavy (non-hydrogen) atoms. The highest BCUT2D eigenvalue weighted by molar-refractivity contribution is 5.84. The number of benzene rings is 1. The van der Waals surface area contributed by atoms with E-state index in [1.165, 1.54) is 0 Å². The highest BCUT2D eigenvalue weighted by atomic mass is 16.3. The molecule has 0 amide bonds. The lowest BCUT2D eigenvalue weighted by molar-refractivity contribution is 0.283. The van der Waals surface area contributed by atoms with Crippen LogP contribution in [0.1, 0.15) is 5.56 Å². The molecule has 1 N–H and O–H groups in total. The van der Waals surface area contributed by atoms with Gasteiger partial charge in [0, 0.05) is 12.4 Å². The lowest BCUT2D eigenvalue weighted by atomic mass is 10.1. The number of fused-ring (bicyclic) bond motifs is 1. The first-order chi connectivity index (χ1) is 8.26. The van der Waals surface area contributed by atoms with Crippen LogP contribution in [0.3, 0.4) is 0 Å². The normalized spacial score (nSPS) is 10.2. The van der Waals surface area contributed by atoms with Crippen LogP contribution >= 0.6 is 0 Å². The summed E-state index contributed by atoms with van der Waals surface area (Å²) in [5.74, 6) is 3.36. The van der Waals surface area contributed by atoms with Gasteiger partial charge in [-0.1, -0.05) is 24.1 Å². The third-order valence-electron chi connectivity index (χ3n) is 2.68. The van der Waals surface area contributed by atoms with Crippen LogP contribution in [0.5, 0.6) is 0 Å². The number of nitrogens with zero attached hydrogens (tertiary/aromatic N) is 2. The number of para-hydroxylation sites is 1. The second-order valence-corrected chi connectivity index (χ2v) is 3.88. The van der Waals surface area contributed by atoms with Gasteiger partial charge < -0.3 is 10.0 Å². The van der Waals surface area contributed by atoms with Crippen molar-refractivity contribution in [1.82, 2.24) is 4.98 Å². The van der Waals surface area contributed by atoms with Crippen LogP contribution in [0.4, 0.5) is 5.82 Å². The highest BCUT2D eigenvalue weighted by Crippen LogP contribution is 2.22.